The Balaban J connectivity index is 2.36. The quantitative estimate of drug-likeness (QED) is 0.734. The van der Waals surface area contributed by atoms with Gasteiger partial charge in [0.1, 0.15) is 5.82 Å². The zero-order chi connectivity index (χ0) is 12.5. The summed E-state index contributed by atoms with van der Waals surface area (Å²) in [4.78, 5) is 4.13. The van der Waals surface area contributed by atoms with Crippen LogP contribution in [0.5, 0.6) is 0 Å². The molecule has 1 saturated carbocycles. The van der Waals surface area contributed by atoms with Crippen LogP contribution in [0, 0.1) is 12.8 Å². The van der Waals surface area contributed by atoms with Crippen molar-refractivity contribution in [3.8, 4) is 0 Å². The first-order valence-electron chi connectivity index (χ1n) is 6.47. The number of pyridine rings is 1. The minimum atomic E-state index is -0.771. The third-order valence-corrected chi connectivity index (χ3v) is 3.99. The van der Waals surface area contributed by atoms with E-state index in [1.54, 1.807) is 6.20 Å². The largest absolute Gasteiger partial charge is 0.385 e. The van der Waals surface area contributed by atoms with Crippen molar-refractivity contribution in [3.05, 3.63) is 23.4 Å². The Labute approximate surface area is 103 Å². The van der Waals surface area contributed by atoms with Gasteiger partial charge in [0.25, 0.3) is 0 Å². The molecule has 94 valence electrons. The van der Waals surface area contributed by atoms with Gasteiger partial charge in [-0.3, -0.25) is 0 Å². The fourth-order valence-corrected chi connectivity index (χ4v) is 2.93. The highest BCUT2D eigenvalue weighted by Crippen LogP contribution is 2.40. The van der Waals surface area contributed by atoms with Crippen LogP contribution in [0.4, 0.5) is 5.82 Å². The minimum Gasteiger partial charge on any atom is -0.385 e. The SMILES string of the molecule is Cc1ccnc(N)c1C1(O)CCCC(C)CC1. The number of rotatable bonds is 1. The predicted molar refractivity (Wildman–Crippen MR) is 69.5 cm³/mol. The maximum absolute atomic E-state index is 10.9. The van der Waals surface area contributed by atoms with Crippen molar-refractivity contribution in [1.29, 1.82) is 0 Å². The number of nitrogen functional groups attached to an aromatic ring is 1. The molecule has 1 aliphatic rings. The van der Waals surface area contributed by atoms with Crippen LogP contribution in [0.2, 0.25) is 0 Å². The monoisotopic (exact) mass is 234 g/mol. The van der Waals surface area contributed by atoms with Crippen molar-refractivity contribution in [3.63, 3.8) is 0 Å². The van der Waals surface area contributed by atoms with Crippen molar-refractivity contribution in [2.75, 3.05) is 5.73 Å². The summed E-state index contributed by atoms with van der Waals surface area (Å²) in [6.07, 6.45) is 6.62. The van der Waals surface area contributed by atoms with Crippen LogP contribution in [0.15, 0.2) is 12.3 Å². The number of aromatic nitrogens is 1. The molecule has 3 N–H and O–H groups in total. The van der Waals surface area contributed by atoms with Crippen molar-refractivity contribution in [1.82, 2.24) is 4.98 Å². The molecule has 2 atom stereocenters. The summed E-state index contributed by atoms with van der Waals surface area (Å²) >= 11 is 0. The first-order valence-corrected chi connectivity index (χ1v) is 6.47. The molecule has 3 nitrogen and oxygen atoms in total. The van der Waals surface area contributed by atoms with Gasteiger partial charge in [0, 0.05) is 11.8 Å². The second kappa shape index (κ2) is 4.65. The third kappa shape index (κ3) is 2.44. The molecule has 2 unspecified atom stereocenters. The van der Waals surface area contributed by atoms with Crippen molar-refractivity contribution in [2.24, 2.45) is 5.92 Å². The second-order valence-corrected chi connectivity index (χ2v) is 5.46. The van der Waals surface area contributed by atoms with E-state index in [0.29, 0.717) is 11.7 Å². The molecule has 0 amide bonds. The molecule has 1 aromatic rings. The number of nitrogens with zero attached hydrogens (tertiary/aromatic N) is 1. The summed E-state index contributed by atoms with van der Waals surface area (Å²) in [6.45, 7) is 4.25. The molecule has 17 heavy (non-hydrogen) atoms. The summed E-state index contributed by atoms with van der Waals surface area (Å²) in [7, 11) is 0. The highest BCUT2D eigenvalue weighted by molar-refractivity contribution is 5.47. The number of hydrogen-bond acceptors (Lipinski definition) is 3. The van der Waals surface area contributed by atoms with E-state index in [2.05, 4.69) is 11.9 Å². The Morgan fingerprint density at radius 2 is 2.18 bits per heavy atom. The lowest BCUT2D eigenvalue weighted by Crippen LogP contribution is -2.27. The molecule has 1 heterocycles. The topological polar surface area (TPSA) is 59.1 Å². The lowest BCUT2D eigenvalue weighted by atomic mass is 9.84. The summed E-state index contributed by atoms with van der Waals surface area (Å²) in [5, 5.41) is 10.9. The lowest BCUT2D eigenvalue weighted by Gasteiger charge is -2.29. The molecule has 0 aliphatic heterocycles. The van der Waals surface area contributed by atoms with Gasteiger partial charge in [-0.05, 0) is 50.2 Å². The molecule has 1 fully saturated rings. The Bertz CT molecular complexity index is 385. The fourth-order valence-electron chi connectivity index (χ4n) is 2.93. The standard InChI is InChI=1S/C14H22N2O/c1-10-4-3-7-14(17,8-5-10)12-11(2)6-9-16-13(12)15/h6,9-10,17H,3-5,7-8H2,1-2H3,(H2,15,16). The molecule has 0 saturated heterocycles. The Kier molecular flexibility index (Phi) is 3.38. The van der Waals surface area contributed by atoms with Crippen molar-refractivity contribution >= 4 is 5.82 Å². The number of hydrogen-bond donors (Lipinski definition) is 2. The molecule has 0 aromatic carbocycles. The van der Waals surface area contributed by atoms with E-state index >= 15 is 0 Å². The van der Waals surface area contributed by atoms with E-state index in [1.807, 2.05) is 13.0 Å². The molecule has 3 heteroatoms. The van der Waals surface area contributed by atoms with Crippen LogP contribution in [-0.2, 0) is 5.60 Å². The number of anilines is 1. The van der Waals surface area contributed by atoms with E-state index in [1.165, 1.54) is 6.42 Å². The van der Waals surface area contributed by atoms with Gasteiger partial charge in [0.15, 0.2) is 0 Å². The number of aryl methyl sites for hydroxylation is 1. The van der Waals surface area contributed by atoms with E-state index < -0.39 is 5.60 Å². The van der Waals surface area contributed by atoms with Crippen LogP contribution in [0.1, 0.15) is 50.2 Å². The van der Waals surface area contributed by atoms with Gasteiger partial charge in [-0.1, -0.05) is 13.3 Å². The van der Waals surface area contributed by atoms with Gasteiger partial charge in [0.2, 0.25) is 0 Å². The highest BCUT2D eigenvalue weighted by atomic mass is 16.3. The van der Waals surface area contributed by atoms with Gasteiger partial charge < -0.3 is 10.8 Å². The maximum Gasteiger partial charge on any atom is 0.129 e. The molecule has 0 radical (unpaired) electrons. The molecule has 1 aromatic heterocycles. The minimum absolute atomic E-state index is 0.488. The Morgan fingerprint density at radius 3 is 2.88 bits per heavy atom. The number of nitrogens with two attached hydrogens (primary N) is 1. The van der Waals surface area contributed by atoms with Gasteiger partial charge in [-0.15, -0.1) is 0 Å². The molecule has 0 spiro atoms. The smallest absolute Gasteiger partial charge is 0.129 e. The van der Waals surface area contributed by atoms with Crippen molar-refractivity contribution < 1.29 is 5.11 Å². The Morgan fingerprint density at radius 1 is 1.41 bits per heavy atom. The number of aliphatic hydroxyl groups is 1. The van der Waals surface area contributed by atoms with E-state index in [9.17, 15) is 5.11 Å². The predicted octanol–water partition coefficient (Wildman–Crippen LogP) is 2.76. The average molecular weight is 234 g/mol. The van der Waals surface area contributed by atoms with Crippen LogP contribution in [0.25, 0.3) is 0 Å². The van der Waals surface area contributed by atoms with Gasteiger partial charge >= 0.3 is 0 Å². The summed E-state index contributed by atoms with van der Waals surface area (Å²) in [5.41, 5.74) is 7.09. The second-order valence-electron chi connectivity index (χ2n) is 5.46. The van der Waals surface area contributed by atoms with E-state index in [4.69, 9.17) is 5.73 Å². The Hall–Kier alpha value is -1.09. The maximum atomic E-state index is 10.9. The highest BCUT2D eigenvalue weighted by Gasteiger charge is 2.34. The average Bonchev–Trinajstić information content (AvgIpc) is 2.41. The molecule has 0 bridgehead atoms. The first-order chi connectivity index (χ1) is 8.03. The zero-order valence-corrected chi connectivity index (χ0v) is 10.7. The van der Waals surface area contributed by atoms with Gasteiger partial charge in [0.05, 0.1) is 5.60 Å². The first kappa shape index (κ1) is 12.4. The molecule has 2 rings (SSSR count). The summed E-state index contributed by atoms with van der Waals surface area (Å²) in [5.74, 6) is 1.18. The van der Waals surface area contributed by atoms with E-state index in [0.717, 1.165) is 36.8 Å². The van der Waals surface area contributed by atoms with E-state index in [-0.39, 0.29) is 0 Å². The summed E-state index contributed by atoms with van der Waals surface area (Å²) < 4.78 is 0. The van der Waals surface area contributed by atoms with Crippen molar-refractivity contribution in [2.45, 2.75) is 51.6 Å². The van der Waals surface area contributed by atoms with Crippen LogP contribution < -0.4 is 5.73 Å². The van der Waals surface area contributed by atoms with Gasteiger partial charge in [-0.25, -0.2) is 4.98 Å². The van der Waals surface area contributed by atoms with Crippen LogP contribution in [0.3, 0.4) is 0 Å². The van der Waals surface area contributed by atoms with Crippen LogP contribution in [-0.4, -0.2) is 10.1 Å². The molecule has 1 aliphatic carbocycles. The third-order valence-electron chi connectivity index (χ3n) is 3.99. The van der Waals surface area contributed by atoms with Gasteiger partial charge in [-0.2, -0.15) is 0 Å². The zero-order valence-electron chi connectivity index (χ0n) is 10.7. The molecular weight excluding hydrogens is 212 g/mol. The fraction of sp³-hybridized carbons (Fsp3) is 0.643. The molecular formula is C14H22N2O. The van der Waals surface area contributed by atoms with Crippen LogP contribution >= 0.6 is 0 Å². The normalized spacial score (nSPS) is 29.9. The lowest BCUT2D eigenvalue weighted by molar-refractivity contribution is 0.0197. The summed E-state index contributed by atoms with van der Waals surface area (Å²) in [6, 6.07) is 1.93.